The first-order valence-corrected chi connectivity index (χ1v) is 13.4. The first-order chi connectivity index (χ1) is 16.2. The van der Waals surface area contributed by atoms with Crippen LogP contribution in [0.2, 0.25) is 0 Å². The maximum absolute atomic E-state index is 13.4. The van der Waals surface area contributed by atoms with Gasteiger partial charge in [0.2, 0.25) is 4.21 Å². The predicted octanol–water partition coefficient (Wildman–Crippen LogP) is 4.97. The number of aromatic nitrogens is 1. The van der Waals surface area contributed by atoms with Gasteiger partial charge in [-0.25, -0.2) is 0 Å². The van der Waals surface area contributed by atoms with Crippen LogP contribution in [-0.2, 0) is 17.7 Å². The number of rotatable bonds is 6. The number of nitrogens with one attached hydrogen (secondary N) is 2. The second-order valence-corrected chi connectivity index (χ2v) is 11.1. The summed E-state index contributed by atoms with van der Waals surface area (Å²) in [6, 6.07) is 11.1. The molecule has 1 atom stereocenters. The molecule has 5 nitrogen and oxygen atoms in total. The third kappa shape index (κ3) is 6.21. The summed E-state index contributed by atoms with van der Waals surface area (Å²) in [6.45, 7) is 1.16. The Kier molecular flexibility index (Phi) is 7.67. The lowest BCUT2D eigenvalue weighted by molar-refractivity contribution is -0.140. The van der Waals surface area contributed by atoms with Crippen LogP contribution in [0.15, 0.2) is 40.6 Å². The third-order valence-electron chi connectivity index (χ3n) is 5.79. The Morgan fingerprint density at radius 2 is 1.97 bits per heavy atom. The van der Waals surface area contributed by atoms with Crippen LogP contribution in [0.25, 0.3) is 10.9 Å². The number of benzene rings is 1. The minimum Gasteiger partial charge on any atom is -0.611 e. The van der Waals surface area contributed by atoms with Gasteiger partial charge in [-0.15, -0.1) is 0 Å². The van der Waals surface area contributed by atoms with E-state index in [0.717, 1.165) is 46.2 Å². The van der Waals surface area contributed by atoms with Crippen LogP contribution in [0.4, 0.5) is 23.9 Å². The van der Waals surface area contributed by atoms with Crippen LogP contribution >= 0.6 is 11.3 Å². The monoisotopic (exact) mass is 508 g/mol. The third-order valence-corrected chi connectivity index (χ3v) is 8.29. The number of hydrogen-bond acceptors (Lipinski definition) is 5. The van der Waals surface area contributed by atoms with Gasteiger partial charge in [-0.1, -0.05) is 23.3 Å². The first-order valence-electron chi connectivity index (χ1n) is 11.0. The largest absolute Gasteiger partial charge is 0.611 e. The SMILES string of the molecule is CN1CCC(Nc2cccc3c2cc(C#CCNc2ccc([S+](C)[O-])s2)n3CC(F)(F)F)CC1. The van der Waals surface area contributed by atoms with Gasteiger partial charge in [-0.3, -0.25) is 0 Å². The molecular formula is C24H27F3N4OS2. The van der Waals surface area contributed by atoms with E-state index in [1.807, 2.05) is 12.1 Å². The maximum Gasteiger partial charge on any atom is 0.406 e. The molecule has 2 aromatic heterocycles. The van der Waals surface area contributed by atoms with Gasteiger partial charge in [0.15, 0.2) is 0 Å². The van der Waals surface area contributed by atoms with Crippen LogP contribution in [0.1, 0.15) is 18.5 Å². The molecule has 3 heterocycles. The molecule has 10 heteroatoms. The smallest absolute Gasteiger partial charge is 0.406 e. The van der Waals surface area contributed by atoms with Gasteiger partial charge in [0, 0.05) is 23.2 Å². The zero-order valence-electron chi connectivity index (χ0n) is 19.0. The fourth-order valence-electron chi connectivity index (χ4n) is 4.07. The molecule has 4 rings (SSSR count). The molecule has 0 amide bonds. The van der Waals surface area contributed by atoms with E-state index in [-0.39, 0.29) is 6.54 Å². The van der Waals surface area contributed by atoms with Gasteiger partial charge in [-0.2, -0.15) is 13.2 Å². The van der Waals surface area contributed by atoms with Gasteiger partial charge >= 0.3 is 6.18 Å². The van der Waals surface area contributed by atoms with Crippen LogP contribution in [0.3, 0.4) is 0 Å². The number of thiophene rings is 1. The van der Waals surface area contributed by atoms with Gasteiger partial charge in [-0.05, 0) is 74.3 Å². The number of halogens is 3. The molecule has 34 heavy (non-hydrogen) atoms. The van der Waals surface area contributed by atoms with Crippen molar-refractivity contribution in [2.24, 2.45) is 0 Å². The normalized spacial score (nSPS) is 16.3. The molecule has 1 aromatic carbocycles. The molecule has 1 saturated heterocycles. The fourth-order valence-corrected chi connectivity index (χ4v) is 5.70. The summed E-state index contributed by atoms with van der Waals surface area (Å²) in [5, 5.41) is 8.23. The van der Waals surface area contributed by atoms with E-state index in [2.05, 4.69) is 34.4 Å². The summed E-state index contributed by atoms with van der Waals surface area (Å²) < 4.78 is 53.7. The Labute approximate surface area is 204 Å². The molecule has 0 saturated carbocycles. The van der Waals surface area contributed by atoms with E-state index >= 15 is 0 Å². The Balaban J connectivity index is 1.57. The average molecular weight is 509 g/mol. The number of likely N-dealkylation sites (tertiary alicyclic amines) is 1. The molecule has 0 radical (unpaired) electrons. The zero-order valence-corrected chi connectivity index (χ0v) is 20.7. The van der Waals surface area contributed by atoms with Crippen LogP contribution < -0.4 is 10.6 Å². The quantitative estimate of drug-likeness (QED) is 0.365. The van der Waals surface area contributed by atoms with Crippen molar-refractivity contribution in [2.45, 2.75) is 35.8 Å². The highest BCUT2D eigenvalue weighted by molar-refractivity contribution is 7.92. The molecule has 3 aromatic rings. The van der Waals surface area contributed by atoms with E-state index in [9.17, 15) is 17.7 Å². The average Bonchev–Trinajstić information content (AvgIpc) is 3.38. The number of piperidine rings is 1. The maximum atomic E-state index is 13.4. The molecule has 1 aliphatic heterocycles. The number of fused-ring (bicyclic) bond motifs is 1. The first kappa shape index (κ1) is 24.8. The highest BCUT2D eigenvalue weighted by Crippen LogP contribution is 2.31. The van der Waals surface area contributed by atoms with E-state index in [0.29, 0.717) is 17.3 Å². The fraction of sp³-hybridized carbons (Fsp3) is 0.417. The molecule has 0 aliphatic carbocycles. The predicted molar refractivity (Wildman–Crippen MR) is 134 cm³/mol. The second kappa shape index (κ2) is 10.5. The van der Waals surface area contributed by atoms with Crippen LogP contribution in [0.5, 0.6) is 0 Å². The Morgan fingerprint density at radius 3 is 2.65 bits per heavy atom. The summed E-state index contributed by atoms with van der Waals surface area (Å²) in [6.07, 6.45) is -0.763. The lowest BCUT2D eigenvalue weighted by Gasteiger charge is -2.30. The van der Waals surface area contributed by atoms with Crippen LogP contribution in [0, 0.1) is 11.8 Å². The summed E-state index contributed by atoms with van der Waals surface area (Å²) >= 11 is 0.326. The topological polar surface area (TPSA) is 55.3 Å². The number of hydrogen-bond donors (Lipinski definition) is 2. The summed E-state index contributed by atoms with van der Waals surface area (Å²) in [7, 11) is 2.09. The Bertz CT molecular complexity index is 1180. The van der Waals surface area contributed by atoms with Crippen molar-refractivity contribution >= 4 is 44.1 Å². The Hall–Kier alpha value is -2.32. The molecule has 0 spiro atoms. The van der Waals surface area contributed by atoms with Crippen molar-refractivity contribution in [3.8, 4) is 11.8 Å². The van der Waals surface area contributed by atoms with E-state index in [1.165, 1.54) is 15.9 Å². The number of anilines is 2. The molecule has 1 fully saturated rings. The van der Waals surface area contributed by atoms with E-state index in [1.54, 1.807) is 30.5 Å². The Morgan fingerprint density at radius 1 is 1.21 bits per heavy atom. The van der Waals surface area contributed by atoms with Crippen molar-refractivity contribution in [1.29, 1.82) is 0 Å². The van der Waals surface area contributed by atoms with Gasteiger partial charge < -0.3 is 24.7 Å². The standard InChI is InChI=1S/C24H27F3N4OS2/c1-30-13-10-17(11-14-30)29-20-6-3-7-21-19(20)15-18(31(21)16-24(25,26)27)5-4-12-28-22-8-9-23(33-22)34(2)32/h3,6-9,15,17,28-29H,10-14,16H2,1-2H3. The van der Waals surface area contributed by atoms with E-state index < -0.39 is 23.9 Å². The van der Waals surface area contributed by atoms with Gasteiger partial charge in [0.1, 0.15) is 12.8 Å². The summed E-state index contributed by atoms with van der Waals surface area (Å²) in [5.41, 5.74) is 1.68. The van der Waals surface area contributed by atoms with Crippen molar-refractivity contribution in [1.82, 2.24) is 9.47 Å². The molecule has 1 aliphatic rings. The second-order valence-electron chi connectivity index (χ2n) is 8.42. The summed E-state index contributed by atoms with van der Waals surface area (Å²) in [4.78, 5) is 2.28. The van der Waals surface area contributed by atoms with Gasteiger partial charge in [0.05, 0.1) is 22.8 Å². The van der Waals surface area contributed by atoms with Crippen molar-refractivity contribution < 1.29 is 17.7 Å². The molecule has 1 unspecified atom stereocenters. The highest BCUT2D eigenvalue weighted by atomic mass is 32.2. The van der Waals surface area contributed by atoms with Crippen molar-refractivity contribution in [3.63, 3.8) is 0 Å². The number of nitrogens with zero attached hydrogens (tertiary/aromatic N) is 2. The summed E-state index contributed by atoms with van der Waals surface area (Å²) in [5.74, 6) is 5.86. The van der Waals surface area contributed by atoms with Crippen molar-refractivity contribution in [2.75, 3.05) is 43.6 Å². The number of alkyl halides is 3. The van der Waals surface area contributed by atoms with Crippen LogP contribution in [-0.4, -0.2) is 59.2 Å². The zero-order chi connectivity index (χ0) is 24.3. The highest BCUT2D eigenvalue weighted by Gasteiger charge is 2.30. The lowest BCUT2D eigenvalue weighted by Crippen LogP contribution is -2.36. The molecule has 182 valence electrons. The minimum atomic E-state index is -4.36. The molecule has 2 N–H and O–H groups in total. The van der Waals surface area contributed by atoms with Gasteiger partial charge in [0.25, 0.3) is 0 Å². The molecular weight excluding hydrogens is 481 g/mol. The van der Waals surface area contributed by atoms with Crippen molar-refractivity contribution in [3.05, 3.63) is 42.1 Å². The van der Waals surface area contributed by atoms with E-state index in [4.69, 9.17) is 0 Å². The molecule has 0 bridgehead atoms. The lowest BCUT2D eigenvalue weighted by atomic mass is 10.0. The minimum absolute atomic E-state index is 0.268.